The average Bonchev–Trinajstić information content (AvgIpc) is 2.63. The molecule has 0 spiro atoms. The second-order valence-electron chi connectivity index (χ2n) is 6.05. The van der Waals surface area contributed by atoms with Gasteiger partial charge in [0, 0.05) is 5.57 Å². The first-order valence-corrected chi connectivity index (χ1v) is 8.07. The Balaban J connectivity index is 0. The van der Waals surface area contributed by atoms with Crippen molar-refractivity contribution in [3.05, 3.63) is 97.9 Å². The SMILES string of the molecule is C=CC(=C)C(=C)C(=C)C(=C)C(=C)C(=C)C(=C)O.O=C(O)CC(O)(CC(=O)O)C(=O)O. The van der Waals surface area contributed by atoms with Crippen LogP contribution >= 0.6 is 0 Å². The molecule has 0 saturated heterocycles. The summed E-state index contributed by atoms with van der Waals surface area (Å²) in [6.45, 7) is 29.8. The molecule has 30 heavy (non-hydrogen) atoms. The standard InChI is InChI=1S/C16H18O.C6H8O7/c1-9-10(2)11(3)12(4)13(5)14(6)15(7)16(8)17;7-3(8)1-6(13,5(11)12)2-4(9)10/h9,17H,1-8H2;13H,1-2H2,(H,7,8)(H,9,10)(H,11,12). The van der Waals surface area contributed by atoms with E-state index in [9.17, 15) is 19.5 Å². The van der Waals surface area contributed by atoms with Gasteiger partial charge in [-0.05, 0) is 27.9 Å². The van der Waals surface area contributed by atoms with Crippen molar-refractivity contribution in [3.63, 3.8) is 0 Å². The highest BCUT2D eigenvalue weighted by atomic mass is 16.4. The number of aliphatic hydroxyl groups is 2. The van der Waals surface area contributed by atoms with Gasteiger partial charge in [-0.1, -0.05) is 58.7 Å². The number of aliphatic hydroxyl groups excluding tert-OH is 1. The fraction of sp³-hybridized carbons (Fsp3) is 0.136. The number of allylic oxidation sites excluding steroid dienone is 6. The number of hydrogen-bond donors (Lipinski definition) is 5. The molecule has 0 rings (SSSR count). The second kappa shape index (κ2) is 11.8. The van der Waals surface area contributed by atoms with Gasteiger partial charge in [0.1, 0.15) is 5.76 Å². The van der Waals surface area contributed by atoms with E-state index in [4.69, 9.17) is 20.4 Å². The molecule has 8 heteroatoms. The van der Waals surface area contributed by atoms with Crippen molar-refractivity contribution in [1.82, 2.24) is 0 Å². The average molecular weight is 418 g/mol. The summed E-state index contributed by atoms with van der Waals surface area (Å²) in [5, 5.41) is 43.0. The van der Waals surface area contributed by atoms with Crippen LogP contribution in [0.4, 0.5) is 0 Å². The Morgan fingerprint density at radius 1 is 0.667 bits per heavy atom. The van der Waals surface area contributed by atoms with Crippen molar-refractivity contribution in [2.45, 2.75) is 18.4 Å². The van der Waals surface area contributed by atoms with E-state index in [0.29, 0.717) is 33.4 Å². The molecule has 0 aliphatic carbocycles. The summed E-state index contributed by atoms with van der Waals surface area (Å²) in [6.07, 6.45) is -0.702. The molecule has 5 N–H and O–H groups in total. The van der Waals surface area contributed by atoms with Crippen molar-refractivity contribution in [2.24, 2.45) is 0 Å². The molecule has 0 radical (unpaired) electrons. The molecule has 0 aromatic carbocycles. The molecule has 0 aliphatic heterocycles. The Morgan fingerprint density at radius 3 is 1.27 bits per heavy atom. The van der Waals surface area contributed by atoms with Crippen molar-refractivity contribution < 1.29 is 39.9 Å². The van der Waals surface area contributed by atoms with Gasteiger partial charge in [0.15, 0.2) is 5.60 Å². The normalized spacial score (nSPS) is 9.77. The summed E-state index contributed by atoms with van der Waals surface area (Å²) in [5.41, 5.74) is 0.478. The van der Waals surface area contributed by atoms with Gasteiger partial charge in [0.2, 0.25) is 0 Å². The van der Waals surface area contributed by atoms with Crippen LogP contribution in [-0.4, -0.2) is 49.0 Å². The summed E-state index contributed by atoms with van der Waals surface area (Å²) in [6, 6.07) is 0. The first-order chi connectivity index (χ1) is 13.5. The van der Waals surface area contributed by atoms with Crippen LogP contribution in [0.1, 0.15) is 12.8 Å². The zero-order chi connectivity index (χ0) is 24.4. The van der Waals surface area contributed by atoms with E-state index in [1.54, 1.807) is 6.08 Å². The minimum absolute atomic E-state index is 0.142. The Hall–Kier alpha value is -3.91. The highest BCUT2D eigenvalue weighted by molar-refractivity contribution is 5.88. The van der Waals surface area contributed by atoms with Crippen LogP contribution in [0.25, 0.3) is 0 Å². The van der Waals surface area contributed by atoms with Crippen LogP contribution in [0.5, 0.6) is 0 Å². The molecule has 0 aromatic heterocycles. The predicted octanol–water partition coefficient (Wildman–Crippen LogP) is 3.33. The van der Waals surface area contributed by atoms with Crippen molar-refractivity contribution in [2.75, 3.05) is 0 Å². The zero-order valence-electron chi connectivity index (χ0n) is 16.6. The minimum atomic E-state index is -2.74. The number of rotatable bonds is 12. The summed E-state index contributed by atoms with van der Waals surface area (Å²) in [5.74, 6) is -5.16. The summed E-state index contributed by atoms with van der Waals surface area (Å²) < 4.78 is 0. The maximum Gasteiger partial charge on any atom is 0.336 e. The summed E-state index contributed by atoms with van der Waals surface area (Å²) in [4.78, 5) is 30.5. The summed E-state index contributed by atoms with van der Waals surface area (Å²) in [7, 11) is 0. The molecule has 0 aliphatic rings. The second-order valence-corrected chi connectivity index (χ2v) is 6.05. The van der Waals surface area contributed by atoms with Gasteiger partial charge in [-0.3, -0.25) is 9.59 Å². The van der Waals surface area contributed by atoms with Crippen LogP contribution in [0, 0.1) is 0 Å². The van der Waals surface area contributed by atoms with Gasteiger partial charge in [-0.2, -0.15) is 0 Å². The van der Waals surface area contributed by atoms with Gasteiger partial charge < -0.3 is 25.5 Å². The Morgan fingerprint density at radius 2 is 1.00 bits per heavy atom. The fourth-order valence-electron chi connectivity index (χ4n) is 1.75. The number of carboxylic acid groups (broad SMARTS) is 3. The monoisotopic (exact) mass is 418 g/mol. The Bertz CT molecular complexity index is 838. The summed E-state index contributed by atoms with van der Waals surface area (Å²) >= 11 is 0. The maximum absolute atomic E-state index is 10.3. The van der Waals surface area contributed by atoms with Crippen LogP contribution < -0.4 is 0 Å². The van der Waals surface area contributed by atoms with Crippen LogP contribution in [-0.2, 0) is 14.4 Å². The molecule has 0 bridgehead atoms. The molecule has 0 atom stereocenters. The lowest BCUT2D eigenvalue weighted by Gasteiger charge is -2.18. The van der Waals surface area contributed by atoms with Gasteiger partial charge >= 0.3 is 17.9 Å². The molecule has 162 valence electrons. The zero-order valence-corrected chi connectivity index (χ0v) is 16.6. The lowest BCUT2D eigenvalue weighted by Crippen LogP contribution is -2.42. The van der Waals surface area contributed by atoms with E-state index in [0.717, 1.165) is 0 Å². The van der Waals surface area contributed by atoms with E-state index < -0.39 is 36.4 Å². The quantitative estimate of drug-likeness (QED) is 0.239. The van der Waals surface area contributed by atoms with E-state index in [1.165, 1.54) is 0 Å². The predicted molar refractivity (Wildman–Crippen MR) is 114 cm³/mol. The van der Waals surface area contributed by atoms with Gasteiger partial charge in [0.25, 0.3) is 0 Å². The number of carboxylic acids is 3. The van der Waals surface area contributed by atoms with Crippen LogP contribution in [0.15, 0.2) is 97.9 Å². The third kappa shape index (κ3) is 8.85. The maximum atomic E-state index is 10.3. The number of aliphatic carboxylic acids is 3. The van der Waals surface area contributed by atoms with Crippen LogP contribution in [0.2, 0.25) is 0 Å². The number of hydrogen-bond acceptors (Lipinski definition) is 5. The highest BCUT2D eigenvalue weighted by Gasteiger charge is 2.40. The Kier molecular flexibility index (Phi) is 11.2. The molecule has 0 unspecified atom stereocenters. The molecule has 0 fully saturated rings. The van der Waals surface area contributed by atoms with Crippen molar-refractivity contribution >= 4 is 17.9 Å². The molecule has 0 heterocycles. The van der Waals surface area contributed by atoms with Crippen molar-refractivity contribution in [1.29, 1.82) is 0 Å². The third-order valence-corrected chi connectivity index (χ3v) is 3.72. The first kappa shape index (κ1) is 28.3. The highest BCUT2D eigenvalue weighted by Crippen LogP contribution is 2.29. The van der Waals surface area contributed by atoms with Gasteiger partial charge in [-0.15, -0.1) is 0 Å². The third-order valence-electron chi connectivity index (χ3n) is 3.72. The molecule has 0 amide bonds. The molecule has 0 aromatic rings. The largest absolute Gasteiger partial charge is 0.508 e. The molecule has 8 nitrogen and oxygen atoms in total. The lowest BCUT2D eigenvalue weighted by atomic mass is 9.89. The van der Waals surface area contributed by atoms with Crippen molar-refractivity contribution in [3.8, 4) is 0 Å². The van der Waals surface area contributed by atoms with E-state index >= 15 is 0 Å². The van der Waals surface area contributed by atoms with E-state index in [2.05, 4.69) is 52.6 Å². The molecular formula is C22H26O8. The van der Waals surface area contributed by atoms with E-state index in [1.807, 2.05) is 0 Å². The first-order valence-electron chi connectivity index (χ1n) is 8.07. The molecular weight excluding hydrogens is 392 g/mol. The van der Waals surface area contributed by atoms with E-state index in [-0.39, 0.29) is 5.76 Å². The smallest absolute Gasteiger partial charge is 0.336 e. The topological polar surface area (TPSA) is 152 Å². The van der Waals surface area contributed by atoms with Gasteiger partial charge in [0.05, 0.1) is 12.8 Å². The lowest BCUT2D eigenvalue weighted by molar-refractivity contribution is -0.170. The molecule has 0 saturated carbocycles. The minimum Gasteiger partial charge on any atom is -0.508 e. The number of carbonyl (C=O) groups is 3. The van der Waals surface area contributed by atoms with Crippen LogP contribution in [0.3, 0.4) is 0 Å². The fourth-order valence-corrected chi connectivity index (χ4v) is 1.75. The van der Waals surface area contributed by atoms with Gasteiger partial charge in [-0.25, -0.2) is 4.79 Å². The Labute approximate surface area is 174 Å².